The van der Waals surface area contributed by atoms with Crippen LogP contribution in [0.1, 0.15) is 28.1 Å². The van der Waals surface area contributed by atoms with Crippen LogP contribution in [0.3, 0.4) is 0 Å². The summed E-state index contributed by atoms with van der Waals surface area (Å²) in [6.45, 7) is 1.93. The van der Waals surface area contributed by atoms with Crippen molar-refractivity contribution in [2.75, 3.05) is 20.1 Å². The highest BCUT2D eigenvalue weighted by molar-refractivity contribution is 7.12. The molecule has 0 saturated carbocycles. The first-order valence-electron chi connectivity index (χ1n) is 6.54. The number of amides is 1. The second-order valence-electron chi connectivity index (χ2n) is 4.95. The molecule has 2 rings (SSSR count). The summed E-state index contributed by atoms with van der Waals surface area (Å²) in [4.78, 5) is 25.6. The standard InChI is InChI=1S/C14H18N2O3S/c1-16-7-2-3-11(9-16)15-14(19)13-10(6-8-20-13)4-5-12(17)18/h4-6,8,11H,2-3,7,9H2,1H3,(H,15,19)(H,17,18). The number of carboxylic acid groups (broad SMARTS) is 1. The van der Waals surface area contributed by atoms with Gasteiger partial charge in [0, 0.05) is 18.7 Å². The van der Waals surface area contributed by atoms with E-state index in [0.717, 1.165) is 32.0 Å². The monoisotopic (exact) mass is 294 g/mol. The van der Waals surface area contributed by atoms with E-state index in [9.17, 15) is 9.59 Å². The Hall–Kier alpha value is -1.66. The van der Waals surface area contributed by atoms with Gasteiger partial charge in [-0.15, -0.1) is 11.3 Å². The number of thiophene rings is 1. The Balaban J connectivity index is 2.02. The largest absolute Gasteiger partial charge is 0.478 e. The molecule has 20 heavy (non-hydrogen) atoms. The fourth-order valence-corrected chi connectivity index (χ4v) is 3.12. The zero-order valence-corrected chi connectivity index (χ0v) is 12.2. The number of carboxylic acids is 1. The number of nitrogens with zero attached hydrogens (tertiary/aromatic N) is 1. The van der Waals surface area contributed by atoms with E-state index in [0.29, 0.717) is 10.4 Å². The summed E-state index contributed by atoms with van der Waals surface area (Å²) in [5.41, 5.74) is 0.652. The maximum absolute atomic E-state index is 12.2. The number of carbonyl (C=O) groups excluding carboxylic acids is 1. The molecule has 0 aromatic carbocycles. The van der Waals surface area contributed by atoms with Gasteiger partial charge in [-0.05, 0) is 49.5 Å². The average molecular weight is 294 g/mol. The van der Waals surface area contributed by atoms with Crippen LogP contribution in [0, 0.1) is 0 Å². The predicted octanol–water partition coefficient (Wildman–Crippen LogP) is 1.67. The van der Waals surface area contributed by atoms with Crippen LogP contribution in [0.5, 0.6) is 0 Å². The Bertz CT molecular complexity index is 524. The Morgan fingerprint density at radius 2 is 2.35 bits per heavy atom. The molecular weight excluding hydrogens is 276 g/mol. The predicted molar refractivity (Wildman–Crippen MR) is 79.0 cm³/mol. The van der Waals surface area contributed by atoms with Gasteiger partial charge >= 0.3 is 5.97 Å². The first-order valence-corrected chi connectivity index (χ1v) is 7.42. The molecule has 1 saturated heterocycles. The smallest absolute Gasteiger partial charge is 0.328 e. The van der Waals surface area contributed by atoms with E-state index in [1.807, 2.05) is 7.05 Å². The number of rotatable bonds is 4. The number of piperidine rings is 1. The number of aliphatic carboxylic acids is 1. The molecule has 0 bridgehead atoms. The van der Waals surface area contributed by atoms with Crippen LogP contribution < -0.4 is 5.32 Å². The molecule has 2 N–H and O–H groups in total. The lowest BCUT2D eigenvalue weighted by atomic mass is 10.1. The Labute approximate surface area is 121 Å². The quantitative estimate of drug-likeness (QED) is 0.829. The topological polar surface area (TPSA) is 69.6 Å². The minimum atomic E-state index is -1.02. The van der Waals surface area contributed by atoms with Crippen molar-refractivity contribution < 1.29 is 14.7 Å². The van der Waals surface area contributed by atoms with Crippen LogP contribution in [0.15, 0.2) is 17.5 Å². The third-order valence-corrected chi connectivity index (χ3v) is 4.20. The molecule has 2 heterocycles. The first kappa shape index (κ1) is 14.7. The molecule has 0 aliphatic carbocycles. The molecule has 1 fully saturated rings. The molecule has 1 aromatic heterocycles. The number of hydrogen-bond donors (Lipinski definition) is 2. The van der Waals surface area contributed by atoms with E-state index >= 15 is 0 Å². The number of carbonyl (C=O) groups is 2. The lowest BCUT2D eigenvalue weighted by Crippen LogP contribution is -2.46. The van der Waals surface area contributed by atoms with E-state index in [1.54, 1.807) is 11.4 Å². The van der Waals surface area contributed by atoms with Crippen molar-refractivity contribution >= 4 is 29.3 Å². The van der Waals surface area contributed by atoms with E-state index in [4.69, 9.17) is 5.11 Å². The molecule has 1 unspecified atom stereocenters. The van der Waals surface area contributed by atoms with Gasteiger partial charge in [-0.2, -0.15) is 0 Å². The normalized spacial score (nSPS) is 20.1. The number of likely N-dealkylation sites (tertiary alicyclic amines) is 1. The molecule has 1 amide bonds. The third-order valence-electron chi connectivity index (χ3n) is 3.27. The maximum Gasteiger partial charge on any atom is 0.328 e. The average Bonchev–Trinajstić information content (AvgIpc) is 2.84. The fraction of sp³-hybridized carbons (Fsp3) is 0.429. The number of hydrogen-bond acceptors (Lipinski definition) is 4. The van der Waals surface area contributed by atoms with Crippen LogP contribution in [-0.2, 0) is 4.79 Å². The van der Waals surface area contributed by atoms with Gasteiger partial charge in [-0.3, -0.25) is 4.79 Å². The van der Waals surface area contributed by atoms with Gasteiger partial charge in [-0.1, -0.05) is 0 Å². The number of likely N-dealkylation sites (N-methyl/N-ethyl adjacent to an activating group) is 1. The molecule has 0 radical (unpaired) electrons. The van der Waals surface area contributed by atoms with Gasteiger partial charge in [0.1, 0.15) is 0 Å². The second-order valence-corrected chi connectivity index (χ2v) is 5.87. The zero-order chi connectivity index (χ0) is 14.5. The molecule has 5 nitrogen and oxygen atoms in total. The zero-order valence-electron chi connectivity index (χ0n) is 11.3. The van der Waals surface area contributed by atoms with E-state index in [-0.39, 0.29) is 11.9 Å². The molecule has 1 atom stereocenters. The van der Waals surface area contributed by atoms with Crippen molar-refractivity contribution in [2.24, 2.45) is 0 Å². The van der Waals surface area contributed by atoms with Crippen molar-refractivity contribution in [2.45, 2.75) is 18.9 Å². The van der Waals surface area contributed by atoms with Crippen molar-refractivity contribution in [3.63, 3.8) is 0 Å². The first-order chi connectivity index (χ1) is 9.56. The number of nitrogens with one attached hydrogen (secondary N) is 1. The van der Waals surface area contributed by atoms with Crippen molar-refractivity contribution in [3.05, 3.63) is 28.0 Å². The minimum Gasteiger partial charge on any atom is -0.478 e. The fourth-order valence-electron chi connectivity index (χ4n) is 2.33. The molecule has 1 aliphatic heterocycles. The Morgan fingerprint density at radius 1 is 1.55 bits per heavy atom. The van der Waals surface area contributed by atoms with E-state index < -0.39 is 5.97 Å². The van der Waals surface area contributed by atoms with Crippen molar-refractivity contribution in [1.29, 1.82) is 0 Å². The highest BCUT2D eigenvalue weighted by Crippen LogP contribution is 2.19. The lowest BCUT2D eigenvalue weighted by Gasteiger charge is -2.30. The lowest BCUT2D eigenvalue weighted by molar-refractivity contribution is -0.131. The summed E-state index contributed by atoms with van der Waals surface area (Å²) in [7, 11) is 2.05. The van der Waals surface area contributed by atoms with Crippen LogP contribution in [0.2, 0.25) is 0 Å². The van der Waals surface area contributed by atoms with Crippen LogP contribution in [0.4, 0.5) is 0 Å². The van der Waals surface area contributed by atoms with Gasteiger partial charge in [0.05, 0.1) is 4.88 Å². The van der Waals surface area contributed by atoms with Crippen LogP contribution in [0.25, 0.3) is 6.08 Å². The Morgan fingerprint density at radius 3 is 3.05 bits per heavy atom. The molecule has 1 aromatic rings. The van der Waals surface area contributed by atoms with Gasteiger partial charge in [-0.25, -0.2) is 4.79 Å². The van der Waals surface area contributed by atoms with Gasteiger partial charge in [0.2, 0.25) is 0 Å². The third kappa shape index (κ3) is 3.91. The van der Waals surface area contributed by atoms with Gasteiger partial charge in [0.25, 0.3) is 5.91 Å². The summed E-state index contributed by atoms with van der Waals surface area (Å²) in [5, 5.41) is 13.5. The van der Waals surface area contributed by atoms with Crippen molar-refractivity contribution in [1.82, 2.24) is 10.2 Å². The summed E-state index contributed by atoms with van der Waals surface area (Å²) in [6, 6.07) is 1.92. The highest BCUT2D eigenvalue weighted by Gasteiger charge is 2.21. The van der Waals surface area contributed by atoms with Gasteiger partial charge < -0.3 is 15.3 Å². The molecule has 6 heteroatoms. The molecule has 0 spiro atoms. The van der Waals surface area contributed by atoms with Crippen LogP contribution >= 0.6 is 11.3 Å². The highest BCUT2D eigenvalue weighted by atomic mass is 32.1. The summed E-state index contributed by atoms with van der Waals surface area (Å²) in [5.74, 6) is -1.14. The summed E-state index contributed by atoms with van der Waals surface area (Å²) in [6.07, 6.45) is 4.58. The SMILES string of the molecule is CN1CCCC(NC(=O)c2sccc2C=CC(=O)O)C1. The maximum atomic E-state index is 12.2. The molecular formula is C14H18N2O3S. The Kier molecular flexibility index (Phi) is 4.92. The van der Waals surface area contributed by atoms with Crippen LogP contribution in [-0.4, -0.2) is 48.1 Å². The molecule has 108 valence electrons. The van der Waals surface area contributed by atoms with Crippen molar-refractivity contribution in [3.8, 4) is 0 Å². The minimum absolute atomic E-state index is 0.120. The van der Waals surface area contributed by atoms with E-state index in [2.05, 4.69) is 10.2 Å². The summed E-state index contributed by atoms with van der Waals surface area (Å²) >= 11 is 1.33. The second kappa shape index (κ2) is 6.67. The van der Waals surface area contributed by atoms with Gasteiger partial charge in [0.15, 0.2) is 0 Å². The van der Waals surface area contributed by atoms with E-state index in [1.165, 1.54) is 17.4 Å². The molecule has 1 aliphatic rings. The summed E-state index contributed by atoms with van der Waals surface area (Å²) < 4.78 is 0.